The minimum Gasteiger partial charge on any atom is -0.490 e. The highest BCUT2D eigenvalue weighted by Gasteiger charge is 2.18. The van der Waals surface area contributed by atoms with Crippen LogP contribution < -0.4 is 10.1 Å². The van der Waals surface area contributed by atoms with Crippen molar-refractivity contribution in [2.75, 3.05) is 19.0 Å². The van der Waals surface area contributed by atoms with Crippen LogP contribution in [0.3, 0.4) is 0 Å². The number of carbonyl (C=O) groups is 1. The van der Waals surface area contributed by atoms with Gasteiger partial charge in [0.05, 0.1) is 6.04 Å². The molecule has 4 nitrogen and oxygen atoms in total. The third-order valence-corrected chi connectivity index (χ3v) is 4.05. The number of nitrogens with zero attached hydrogens (tertiary/aromatic N) is 1. The first kappa shape index (κ1) is 18.7. The molecule has 0 bridgehead atoms. The summed E-state index contributed by atoms with van der Waals surface area (Å²) >= 11 is 0. The van der Waals surface area contributed by atoms with Crippen molar-refractivity contribution in [1.82, 2.24) is 4.90 Å². The fourth-order valence-corrected chi connectivity index (χ4v) is 2.44. The van der Waals surface area contributed by atoms with Gasteiger partial charge in [0.1, 0.15) is 12.4 Å². The summed E-state index contributed by atoms with van der Waals surface area (Å²) in [5.41, 5.74) is 3.08. The van der Waals surface area contributed by atoms with Gasteiger partial charge in [0, 0.05) is 12.2 Å². The summed E-state index contributed by atoms with van der Waals surface area (Å²) < 4.78 is 5.48. The van der Waals surface area contributed by atoms with Crippen molar-refractivity contribution >= 4 is 11.6 Å². The van der Waals surface area contributed by atoms with Gasteiger partial charge in [-0.2, -0.15) is 0 Å². The Morgan fingerprint density at radius 3 is 2.64 bits per heavy atom. The van der Waals surface area contributed by atoms with Gasteiger partial charge in [0.15, 0.2) is 0 Å². The minimum absolute atomic E-state index is 0.0148. The molecule has 2 aromatic rings. The van der Waals surface area contributed by atoms with E-state index < -0.39 is 0 Å². The summed E-state index contributed by atoms with van der Waals surface area (Å²) in [5, 5.41) is 2.97. The second-order valence-electron chi connectivity index (χ2n) is 6.19. The molecule has 0 saturated heterocycles. The first-order chi connectivity index (χ1) is 12.0. The van der Waals surface area contributed by atoms with Crippen molar-refractivity contribution in [2.45, 2.75) is 26.4 Å². The zero-order chi connectivity index (χ0) is 18.2. The molecule has 0 aliphatic rings. The number of nitrogens with one attached hydrogen (secondary N) is 1. The van der Waals surface area contributed by atoms with Crippen LogP contribution in [0.15, 0.2) is 61.2 Å². The van der Waals surface area contributed by atoms with E-state index in [2.05, 4.69) is 11.9 Å². The number of hydrogen-bond donors (Lipinski definition) is 1. The number of ether oxygens (including phenoxy) is 1. The van der Waals surface area contributed by atoms with Crippen LogP contribution in [0.25, 0.3) is 0 Å². The van der Waals surface area contributed by atoms with Crippen molar-refractivity contribution in [3.63, 3.8) is 0 Å². The van der Waals surface area contributed by atoms with Crippen molar-refractivity contribution in [3.8, 4) is 5.75 Å². The summed E-state index contributed by atoms with van der Waals surface area (Å²) in [6, 6.07) is 15.5. The maximum Gasteiger partial charge on any atom is 0.241 e. The topological polar surface area (TPSA) is 41.6 Å². The minimum atomic E-state index is -0.239. The average Bonchev–Trinajstić information content (AvgIpc) is 2.60. The summed E-state index contributed by atoms with van der Waals surface area (Å²) in [5.74, 6) is 0.801. The zero-order valence-corrected chi connectivity index (χ0v) is 15.2. The molecule has 2 rings (SSSR count). The number of anilines is 1. The molecule has 1 atom stereocenters. The van der Waals surface area contributed by atoms with Crippen molar-refractivity contribution in [2.24, 2.45) is 0 Å². The third-order valence-electron chi connectivity index (χ3n) is 4.05. The quantitative estimate of drug-likeness (QED) is 0.739. The molecule has 0 radical (unpaired) electrons. The number of amides is 1. The maximum atomic E-state index is 12.4. The fourth-order valence-electron chi connectivity index (χ4n) is 2.44. The van der Waals surface area contributed by atoms with E-state index in [9.17, 15) is 4.79 Å². The van der Waals surface area contributed by atoms with Gasteiger partial charge in [-0.1, -0.05) is 36.9 Å². The molecule has 0 spiro atoms. The van der Waals surface area contributed by atoms with E-state index in [0.717, 1.165) is 22.6 Å². The lowest BCUT2D eigenvalue weighted by Gasteiger charge is -2.24. The maximum absolute atomic E-state index is 12.4. The van der Waals surface area contributed by atoms with Crippen molar-refractivity contribution in [3.05, 3.63) is 72.3 Å². The van der Waals surface area contributed by atoms with Gasteiger partial charge in [-0.05, 0) is 56.3 Å². The Bertz CT molecular complexity index is 710. The Morgan fingerprint density at radius 2 is 2.00 bits per heavy atom. The molecule has 0 heterocycles. The predicted octanol–water partition coefficient (Wildman–Crippen LogP) is 4.02. The Morgan fingerprint density at radius 1 is 1.28 bits per heavy atom. The molecular formula is C21H26N2O2. The Balaban J connectivity index is 1.91. The highest BCUT2D eigenvalue weighted by molar-refractivity contribution is 5.94. The fraction of sp³-hybridized carbons (Fsp3) is 0.286. The van der Waals surface area contributed by atoms with Crippen LogP contribution in [0.2, 0.25) is 0 Å². The van der Waals surface area contributed by atoms with E-state index >= 15 is 0 Å². The summed E-state index contributed by atoms with van der Waals surface area (Å²) in [6.45, 7) is 8.73. The van der Waals surface area contributed by atoms with Gasteiger partial charge in [0.25, 0.3) is 0 Å². The molecule has 1 amide bonds. The highest BCUT2D eigenvalue weighted by Crippen LogP contribution is 2.15. The van der Waals surface area contributed by atoms with E-state index in [0.29, 0.717) is 13.2 Å². The summed E-state index contributed by atoms with van der Waals surface area (Å²) in [6.07, 6.45) is 1.72. The average molecular weight is 338 g/mol. The predicted molar refractivity (Wildman–Crippen MR) is 103 cm³/mol. The second kappa shape index (κ2) is 9.04. The molecule has 0 aliphatic carbocycles. The number of hydrogen-bond acceptors (Lipinski definition) is 3. The van der Waals surface area contributed by atoms with E-state index in [4.69, 9.17) is 4.74 Å². The molecule has 4 heteroatoms. The summed E-state index contributed by atoms with van der Waals surface area (Å²) in [4.78, 5) is 14.5. The number of aryl methyl sites for hydroxylation is 1. The van der Waals surface area contributed by atoms with Crippen LogP contribution in [0.1, 0.15) is 18.1 Å². The third kappa shape index (κ3) is 5.76. The van der Waals surface area contributed by atoms with E-state index in [1.54, 1.807) is 6.08 Å². The lowest BCUT2D eigenvalue weighted by atomic mass is 10.1. The lowest BCUT2D eigenvalue weighted by molar-refractivity contribution is -0.120. The van der Waals surface area contributed by atoms with Crippen LogP contribution in [0.4, 0.5) is 5.69 Å². The van der Waals surface area contributed by atoms with Crippen LogP contribution in [0, 0.1) is 6.92 Å². The molecule has 25 heavy (non-hydrogen) atoms. The molecule has 0 aromatic heterocycles. The molecule has 0 unspecified atom stereocenters. The standard InChI is InChI=1S/C21H26N2O2/c1-5-13-25-20-11-9-18(10-12-20)15-23(4)17(3)21(24)22-19-8-6-7-16(2)14-19/h5-12,14,17H,1,13,15H2,2-4H3,(H,22,24)/t17-/m1/s1. The van der Waals surface area contributed by atoms with Gasteiger partial charge in [-0.15, -0.1) is 0 Å². The summed E-state index contributed by atoms with van der Waals surface area (Å²) in [7, 11) is 1.95. The molecule has 1 N–H and O–H groups in total. The van der Waals surface area contributed by atoms with Crippen LogP contribution >= 0.6 is 0 Å². The van der Waals surface area contributed by atoms with E-state index in [1.165, 1.54) is 0 Å². The molecule has 0 aliphatic heterocycles. The molecule has 132 valence electrons. The second-order valence-corrected chi connectivity index (χ2v) is 6.19. The Labute approximate surface area is 150 Å². The normalized spacial score (nSPS) is 11.8. The monoisotopic (exact) mass is 338 g/mol. The van der Waals surface area contributed by atoms with Gasteiger partial charge >= 0.3 is 0 Å². The largest absolute Gasteiger partial charge is 0.490 e. The first-order valence-electron chi connectivity index (χ1n) is 8.40. The Kier molecular flexibility index (Phi) is 6.78. The SMILES string of the molecule is C=CCOc1ccc(CN(C)[C@H](C)C(=O)Nc2cccc(C)c2)cc1. The van der Waals surface area contributed by atoms with Crippen LogP contribution in [0.5, 0.6) is 5.75 Å². The number of carbonyl (C=O) groups excluding carboxylic acids is 1. The molecular weight excluding hydrogens is 312 g/mol. The molecule has 0 fully saturated rings. The van der Waals surface area contributed by atoms with Gasteiger partial charge in [-0.25, -0.2) is 0 Å². The van der Waals surface area contributed by atoms with Gasteiger partial charge in [0.2, 0.25) is 5.91 Å². The van der Waals surface area contributed by atoms with Gasteiger partial charge in [-0.3, -0.25) is 9.69 Å². The highest BCUT2D eigenvalue weighted by atomic mass is 16.5. The Hall–Kier alpha value is -2.59. The molecule has 0 saturated carbocycles. The van der Waals surface area contributed by atoms with Crippen LogP contribution in [-0.4, -0.2) is 30.5 Å². The number of rotatable bonds is 8. The van der Waals surface area contributed by atoms with E-state index in [1.807, 2.05) is 74.3 Å². The number of benzene rings is 2. The number of likely N-dealkylation sites (N-methyl/N-ethyl adjacent to an activating group) is 1. The van der Waals surface area contributed by atoms with E-state index in [-0.39, 0.29) is 11.9 Å². The van der Waals surface area contributed by atoms with Crippen LogP contribution in [-0.2, 0) is 11.3 Å². The van der Waals surface area contributed by atoms with Crippen molar-refractivity contribution < 1.29 is 9.53 Å². The lowest BCUT2D eigenvalue weighted by Crippen LogP contribution is -2.39. The van der Waals surface area contributed by atoms with Crippen molar-refractivity contribution in [1.29, 1.82) is 0 Å². The first-order valence-corrected chi connectivity index (χ1v) is 8.40. The van der Waals surface area contributed by atoms with Gasteiger partial charge < -0.3 is 10.1 Å². The molecule has 2 aromatic carbocycles. The zero-order valence-electron chi connectivity index (χ0n) is 15.2. The smallest absolute Gasteiger partial charge is 0.241 e.